The fraction of sp³-hybridized carbons (Fsp3) is 0.769. The van der Waals surface area contributed by atoms with Gasteiger partial charge >= 0.3 is 5.97 Å². The highest BCUT2D eigenvalue weighted by atomic mass is 32.2. The van der Waals surface area contributed by atoms with Crippen LogP contribution in [0.4, 0.5) is 0 Å². The maximum atomic E-state index is 11.4. The zero-order valence-corrected chi connectivity index (χ0v) is 11.7. The minimum absolute atomic E-state index is 0.193. The second-order valence-electron chi connectivity index (χ2n) is 5.07. The van der Waals surface area contributed by atoms with Gasteiger partial charge in [0.25, 0.3) is 0 Å². The number of carbonyl (C=O) groups is 1. The van der Waals surface area contributed by atoms with E-state index in [0.717, 1.165) is 19.6 Å². The van der Waals surface area contributed by atoms with Crippen molar-refractivity contribution in [3.8, 4) is 11.8 Å². The Morgan fingerprint density at radius 3 is 2.53 bits per heavy atom. The molecule has 0 N–H and O–H groups in total. The number of hydrogen-bond donors (Lipinski definition) is 0. The molecular weight excluding hydrogens is 234 g/mol. The van der Waals surface area contributed by atoms with Crippen LogP contribution in [0.2, 0.25) is 0 Å². The van der Waals surface area contributed by atoms with Crippen molar-refractivity contribution in [2.75, 3.05) is 37.7 Å². The Morgan fingerprint density at radius 2 is 1.94 bits per heavy atom. The minimum atomic E-state index is -0.439. The third-order valence-electron chi connectivity index (χ3n) is 2.42. The first-order valence-corrected chi connectivity index (χ1v) is 7.08. The molecule has 3 nitrogen and oxygen atoms in total. The quantitative estimate of drug-likeness (QED) is 0.554. The summed E-state index contributed by atoms with van der Waals surface area (Å²) in [7, 11) is 0. The maximum Gasteiger partial charge on any atom is 0.312 e. The van der Waals surface area contributed by atoms with E-state index in [2.05, 4.69) is 16.7 Å². The fourth-order valence-electron chi connectivity index (χ4n) is 1.30. The molecule has 0 bridgehead atoms. The van der Waals surface area contributed by atoms with E-state index in [9.17, 15) is 4.79 Å². The first kappa shape index (κ1) is 14.4. The number of thioether (sulfide) groups is 1. The zero-order chi connectivity index (χ0) is 12.7. The summed E-state index contributed by atoms with van der Waals surface area (Å²) >= 11 is 1.99. The number of carbonyl (C=O) groups excluding carboxylic acids is 1. The molecule has 0 radical (unpaired) electrons. The monoisotopic (exact) mass is 255 g/mol. The molecule has 0 amide bonds. The van der Waals surface area contributed by atoms with Crippen molar-refractivity contribution >= 4 is 17.7 Å². The molecule has 0 spiro atoms. The van der Waals surface area contributed by atoms with Gasteiger partial charge in [0.2, 0.25) is 0 Å². The van der Waals surface area contributed by atoms with E-state index in [1.807, 2.05) is 32.5 Å². The van der Waals surface area contributed by atoms with E-state index >= 15 is 0 Å². The molecule has 0 aromatic rings. The van der Waals surface area contributed by atoms with Crippen molar-refractivity contribution in [1.29, 1.82) is 0 Å². The van der Waals surface area contributed by atoms with Crippen LogP contribution in [-0.4, -0.2) is 48.6 Å². The zero-order valence-electron chi connectivity index (χ0n) is 10.9. The molecule has 0 aliphatic carbocycles. The van der Waals surface area contributed by atoms with Gasteiger partial charge in [-0.3, -0.25) is 9.69 Å². The first-order chi connectivity index (χ1) is 8.00. The Kier molecular flexibility index (Phi) is 5.87. The lowest BCUT2D eigenvalue weighted by molar-refractivity contribution is -0.151. The van der Waals surface area contributed by atoms with Gasteiger partial charge < -0.3 is 4.74 Å². The minimum Gasteiger partial charge on any atom is -0.452 e. The van der Waals surface area contributed by atoms with Crippen molar-refractivity contribution in [1.82, 2.24) is 4.90 Å². The van der Waals surface area contributed by atoms with Crippen molar-refractivity contribution in [2.24, 2.45) is 5.41 Å². The van der Waals surface area contributed by atoms with Crippen LogP contribution in [0.3, 0.4) is 0 Å². The van der Waals surface area contributed by atoms with Gasteiger partial charge in [0, 0.05) is 24.6 Å². The van der Waals surface area contributed by atoms with E-state index in [-0.39, 0.29) is 12.6 Å². The number of esters is 1. The second kappa shape index (κ2) is 6.93. The summed E-state index contributed by atoms with van der Waals surface area (Å²) in [6, 6.07) is 0. The number of rotatable bonds is 2. The van der Waals surface area contributed by atoms with E-state index in [1.54, 1.807) is 0 Å². The summed E-state index contributed by atoms with van der Waals surface area (Å²) in [6.45, 7) is 8.74. The van der Waals surface area contributed by atoms with Crippen molar-refractivity contribution in [3.63, 3.8) is 0 Å². The average Bonchev–Trinajstić information content (AvgIpc) is 2.28. The van der Waals surface area contributed by atoms with Gasteiger partial charge in [0.15, 0.2) is 6.61 Å². The van der Waals surface area contributed by atoms with Gasteiger partial charge in [-0.05, 0) is 20.8 Å². The molecule has 1 aliphatic heterocycles. The Labute approximate surface area is 108 Å². The average molecular weight is 255 g/mol. The summed E-state index contributed by atoms with van der Waals surface area (Å²) in [5, 5.41) is 0. The molecule has 1 aliphatic rings. The molecule has 96 valence electrons. The van der Waals surface area contributed by atoms with Crippen LogP contribution < -0.4 is 0 Å². The molecule has 1 heterocycles. The molecule has 0 aromatic carbocycles. The molecule has 4 heteroatoms. The number of nitrogens with zero attached hydrogens (tertiary/aromatic N) is 1. The highest BCUT2D eigenvalue weighted by Gasteiger charge is 2.22. The third kappa shape index (κ3) is 5.99. The molecule has 0 unspecified atom stereocenters. The normalized spacial score (nSPS) is 17.1. The van der Waals surface area contributed by atoms with Gasteiger partial charge in [-0.15, -0.1) is 0 Å². The van der Waals surface area contributed by atoms with Crippen molar-refractivity contribution < 1.29 is 9.53 Å². The Hall–Kier alpha value is -0.660. The molecule has 1 fully saturated rings. The molecular formula is C13H21NO2S. The molecule has 0 atom stereocenters. The van der Waals surface area contributed by atoms with E-state index in [1.165, 1.54) is 11.5 Å². The fourth-order valence-corrected chi connectivity index (χ4v) is 2.27. The summed E-state index contributed by atoms with van der Waals surface area (Å²) in [6.07, 6.45) is 0. The highest BCUT2D eigenvalue weighted by molar-refractivity contribution is 7.99. The Balaban J connectivity index is 2.16. The number of hydrogen-bond acceptors (Lipinski definition) is 4. The van der Waals surface area contributed by atoms with Crippen LogP contribution in [0, 0.1) is 17.3 Å². The van der Waals surface area contributed by atoms with E-state index in [0.29, 0.717) is 0 Å². The predicted molar refractivity (Wildman–Crippen MR) is 72.0 cm³/mol. The third-order valence-corrected chi connectivity index (χ3v) is 3.36. The Bertz CT molecular complexity index is 306. The maximum absolute atomic E-state index is 11.4. The highest BCUT2D eigenvalue weighted by Crippen LogP contribution is 2.14. The van der Waals surface area contributed by atoms with Crippen LogP contribution in [0.15, 0.2) is 0 Å². The van der Waals surface area contributed by atoms with Crippen LogP contribution in [0.1, 0.15) is 20.8 Å². The van der Waals surface area contributed by atoms with E-state index < -0.39 is 5.41 Å². The summed E-state index contributed by atoms with van der Waals surface area (Å²) in [5.41, 5.74) is -0.439. The van der Waals surface area contributed by atoms with Crippen LogP contribution in [0.5, 0.6) is 0 Å². The van der Waals surface area contributed by atoms with Gasteiger partial charge in [0.1, 0.15) is 0 Å². The molecule has 0 aromatic heterocycles. The topological polar surface area (TPSA) is 29.5 Å². The SMILES string of the molecule is CC(C)(C)C(=O)OCC#CCN1CCSCC1. The lowest BCUT2D eigenvalue weighted by Crippen LogP contribution is -2.32. The lowest BCUT2D eigenvalue weighted by atomic mass is 9.97. The molecule has 1 saturated heterocycles. The largest absolute Gasteiger partial charge is 0.452 e. The standard InChI is InChI=1S/C13H21NO2S/c1-13(2,3)12(15)16-9-5-4-6-14-7-10-17-11-8-14/h6-11H2,1-3H3. The van der Waals surface area contributed by atoms with Gasteiger partial charge in [-0.1, -0.05) is 11.8 Å². The number of ether oxygens (including phenoxy) is 1. The van der Waals surface area contributed by atoms with Gasteiger partial charge in [-0.25, -0.2) is 0 Å². The predicted octanol–water partition coefficient (Wildman–Crippen LogP) is 1.63. The van der Waals surface area contributed by atoms with Crippen LogP contribution >= 0.6 is 11.8 Å². The lowest BCUT2D eigenvalue weighted by Gasteiger charge is -2.23. The molecule has 0 saturated carbocycles. The summed E-state index contributed by atoms with van der Waals surface area (Å²) < 4.78 is 5.06. The second-order valence-corrected chi connectivity index (χ2v) is 6.29. The summed E-state index contributed by atoms with van der Waals surface area (Å²) in [4.78, 5) is 13.8. The van der Waals surface area contributed by atoms with E-state index in [4.69, 9.17) is 4.74 Å². The van der Waals surface area contributed by atoms with Crippen LogP contribution in [0.25, 0.3) is 0 Å². The van der Waals surface area contributed by atoms with Gasteiger partial charge in [-0.2, -0.15) is 11.8 Å². The first-order valence-electron chi connectivity index (χ1n) is 5.93. The van der Waals surface area contributed by atoms with Crippen molar-refractivity contribution in [2.45, 2.75) is 20.8 Å². The smallest absolute Gasteiger partial charge is 0.312 e. The summed E-state index contributed by atoms with van der Waals surface area (Å²) in [5.74, 6) is 8.14. The van der Waals surface area contributed by atoms with Gasteiger partial charge in [0.05, 0.1) is 12.0 Å². The molecule has 17 heavy (non-hydrogen) atoms. The Morgan fingerprint density at radius 1 is 1.29 bits per heavy atom. The van der Waals surface area contributed by atoms with Crippen molar-refractivity contribution in [3.05, 3.63) is 0 Å². The van der Waals surface area contributed by atoms with Crippen LogP contribution in [-0.2, 0) is 9.53 Å². The molecule has 1 rings (SSSR count).